The highest BCUT2D eigenvalue weighted by Gasteiger charge is 2.34. The number of likely N-dealkylation sites (tertiary alicyclic amines) is 1. The molecule has 0 bridgehead atoms. The molecule has 0 spiro atoms. The number of rotatable bonds is 7. The Kier molecular flexibility index (Phi) is 7.99. The SMILES string of the molecule is CCOC(=O)C1CCN(CC(=O)N(CC(C)C)CC(F)(F)F)CC1. The van der Waals surface area contributed by atoms with Crippen molar-refractivity contribution < 1.29 is 27.5 Å². The van der Waals surface area contributed by atoms with Gasteiger partial charge < -0.3 is 9.64 Å². The molecule has 0 aromatic carbocycles. The number of ether oxygens (including phenoxy) is 1. The third kappa shape index (κ3) is 7.51. The van der Waals surface area contributed by atoms with E-state index < -0.39 is 18.6 Å². The standard InChI is InChI=1S/C16H27F3N2O3/c1-4-24-15(23)13-5-7-20(8-6-13)10-14(22)21(9-12(2)3)11-16(17,18)19/h12-13H,4-11H2,1-3H3. The maximum Gasteiger partial charge on any atom is 0.406 e. The van der Waals surface area contributed by atoms with E-state index in [-0.39, 0.29) is 30.9 Å². The molecule has 0 aliphatic carbocycles. The van der Waals surface area contributed by atoms with Gasteiger partial charge in [0.05, 0.1) is 19.1 Å². The number of nitrogens with zero attached hydrogens (tertiary/aromatic N) is 2. The van der Waals surface area contributed by atoms with E-state index in [1.807, 2.05) is 4.90 Å². The lowest BCUT2D eigenvalue weighted by Crippen LogP contribution is -2.48. The quantitative estimate of drug-likeness (QED) is 0.660. The molecule has 1 aliphatic rings. The average Bonchev–Trinajstić information content (AvgIpc) is 2.45. The van der Waals surface area contributed by atoms with E-state index in [1.165, 1.54) is 0 Å². The molecule has 0 aromatic rings. The fourth-order valence-electron chi connectivity index (χ4n) is 2.79. The van der Waals surface area contributed by atoms with Gasteiger partial charge in [-0.05, 0) is 38.8 Å². The number of hydrogen-bond donors (Lipinski definition) is 0. The molecule has 5 nitrogen and oxygen atoms in total. The number of hydrogen-bond acceptors (Lipinski definition) is 4. The molecule has 1 heterocycles. The molecule has 24 heavy (non-hydrogen) atoms. The molecule has 140 valence electrons. The van der Waals surface area contributed by atoms with E-state index in [4.69, 9.17) is 4.74 Å². The Morgan fingerprint density at radius 2 is 1.83 bits per heavy atom. The number of amides is 1. The lowest BCUT2D eigenvalue weighted by molar-refractivity contribution is -0.163. The first kappa shape index (κ1) is 20.7. The van der Waals surface area contributed by atoms with Gasteiger partial charge in [0, 0.05) is 6.54 Å². The molecule has 0 aromatic heterocycles. The summed E-state index contributed by atoms with van der Waals surface area (Å²) in [5, 5.41) is 0. The fourth-order valence-corrected chi connectivity index (χ4v) is 2.79. The smallest absolute Gasteiger partial charge is 0.406 e. The van der Waals surface area contributed by atoms with Crippen LogP contribution < -0.4 is 0 Å². The Morgan fingerprint density at radius 3 is 2.29 bits per heavy atom. The molecule has 1 fully saturated rings. The van der Waals surface area contributed by atoms with E-state index in [0.717, 1.165) is 4.90 Å². The lowest BCUT2D eigenvalue weighted by atomic mass is 9.97. The molecule has 0 saturated carbocycles. The van der Waals surface area contributed by atoms with Crippen LogP contribution in [0.5, 0.6) is 0 Å². The number of alkyl halides is 3. The van der Waals surface area contributed by atoms with Gasteiger partial charge in [0.1, 0.15) is 6.54 Å². The van der Waals surface area contributed by atoms with Crippen molar-refractivity contribution in [1.82, 2.24) is 9.80 Å². The molecule has 0 N–H and O–H groups in total. The maximum absolute atomic E-state index is 12.6. The highest BCUT2D eigenvalue weighted by Crippen LogP contribution is 2.20. The van der Waals surface area contributed by atoms with Gasteiger partial charge >= 0.3 is 12.1 Å². The Labute approximate surface area is 141 Å². The van der Waals surface area contributed by atoms with Gasteiger partial charge in [-0.15, -0.1) is 0 Å². The minimum absolute atomic E-state index is 0.0362. The summed E-state index contributed by atoms with van der Waals surface area (Å²) in [4.78, 5) is 26.6. The van der Waals surface area contributed by atoms with Gasteiger partial charge in [0.2, 0.25) is 5.91 Å². The summed E-state index contributed by atoms with van der Waals surface area (Å²) >= 11 is 0. The number of carbonyl (C=O) groups is 2. The van der Waals surface area contributed by atoms with Crippen LogP contribution in [0.25, 0.3) is 0 Å². The first-order chi connectivity index (χ1) is 11.1. The highest BCUT2D eigenvalue weighted by molar-refractivity contribution is 5.78. The van der Waals surface area contributed by atoms with Crippen LogP contribution in [0, 0.1) is 11.8 Å². The van der Waals surface area contributed by atoms with E-state index in [2.05, 4.69) is 0 Å². The summed E-state index contributed by atoms with van der Waals surface area (Å²) in [5.41, 5.74) is 0. The average molecular weight is 352 g/mol. The zero-order valence-corrected chi connectivity index (χ0v) is 14.6. The van der Waals surface area contributed by atoms with Crippen LogP contribution >= 0.6 is 0 Å². The lowest BCUT2D eigenvalue weighted by Gasteiger charge is -2.33. The minimum atomic E-state index is -4.40. The maximum atomic E-state index is 12.6. The monoisotopic (exact) mass is 352 g/mol. The summed E-state index contributed by atoms with van der Waals surface area (Å²) in [6, 6.07) is 0. The first-order valence-electron chi connectivity index (χ1n) is 8.36. The second kappa shape index (κ2) is 9.25. The molecule has 8 heteroatoms. The van der Waals surface area contributed by atoms with Crippen LogP contribution in [0.15, 0.2) is 0 Å². The summed E-state index contributed by atoms with van der Waals surface area (Å²) in [7, 11) is 0. The zero-order valence-electron chi connectivity index (χ0n) is 14.6. The van der Waals surface area contributed by atoms with Crippen LogP contribution in [0.3, 0.4) is 0 Å². The Bertz CT molecular complexity index is 419. The molecular weight excluding hydrogens is 325 g/mol. The molecule has 1 aliphatic heterocycles. The zero-order chi connectivity index (χ0) is 18.3. The van der Waals surface area contributed by atoms with E-state index in [0.29, 0.717) is 32.5 Å². The molecular formula is C16H27F3N2O3. The molecule has 0 atom stereocenters. The second-order valence-corrected chi connectivity index (χ2v) is 6.59. The normalized spacial score (nSPS) is 17.1. The number of esters is 1. The highest BCUT2D eigenvalue weighted by atomic mass is 19.4. The van der Waals surface area contributed by atoms with Crippen molar-refractivity contribution in [3.63, 3.8) is 0 Å². The van der Waals surface area contributed by atoms with Gasteiger partial charge in [0.15, 0.2) is 0 Å². The van der Waals surface area contributed by atoms with Crippen molar-refractivity contribution in [2.45, 2.75) is 39.8 Å². The van der Waals surface area contributed by atoms with Crippen LogP contribution in [-0.4, -0.2) is 67.2 Å². The van der Waals surface area contributed by atoms with Crippen molar-refractivity contribution in [2.24, 2.45) is 11.8 Å². The van der Waals surface area contributed by atoms with Crippen molar-refractivity contribution >= 4 is 11.9 Å². The van der Waals surface area contributed by atoms with Crippen LogP contribution in [0.4, 0.5) is 13.2 Å². The Balaban J connectivity index is 2.52. The largest absolute Gasteiger partial charge is 0.466 e. The Morgan fingerprint density at radius 1 is 1.25 bits per heavy atom. The third-order valence-corrected chi connectivity index (χ3v) is 3.87. The number of carbonyl (C=O) groups excluding carboxylic acids is 2. The predicted octanol–water partition coefficient (Wildman–Crippen LogP) is 2.31. The molecule has 1 amide bonds. The molecule has 1 rings (SSSR count). The first-order valence-corrected chi connectivity index (χ1v) is 8.36. The van der Waals surface area contributed by atoms with E-state index in [9.17, 15) is 22.8 Å². The summed E-state index contributed by atoms with van der Waals surface area (Å²) < 4.78 is 42.9. The molecule has 0 radical (unpaired) electrons. The van der Waals surface area contributed by atoms with Crippen molar-refractivity contribution in [3.8, 4) is 0 Å². The van der Waals surface area contributed by atoms with Crippen LogP contribution in [-0.2, 0) is 14.3 Å². The number of halogens is 3. The summed E-state index contributed by atoms with van der Waals surface area (Å²) in [6.45, 7) is 5.48. The third-order valence-electron chi connectivity index (χ3n) is 3.87. The van der Waals surface area contributed by atoms with Crippen molar-refractivity contribution in [3.05, 3.63) is 0 Å². The fraction of sp³-hybridized carbons (Fsp3) is 0.875. The Hall–Kier alpha value is -1.31. The second-order valence-electron chi connectivity index (χ2n) is 6.59. The molecule has 0 unspecified atom stereocenters. The van der Waals surface area contributed by atoms with Gasteiger partial charge in [0.25, 0.3) is 0 Å². The topological polar surface area (TPSA) is 49.9 Å². The van der Waals surface area contributed by atoms with Gasteiger partial charge in [-0.25, -0.2) is 0 Å². The van der Waals surface area contributed by atoms with E-state index in [1.54, 1.807) is 20.8 Å². The van der Waals surface area contributed by atoms with Gasteiger partial charge in [-0.2, -0.15) is 13.2 Å². The summed E-state index contributed by atoms with van der Waals surface area (Å²) in [5.74, 6) is -0.971. The molecule has 1 saturated heterocycles. The van der Waals surface area contributed by atoms with Crippen LogP contribution in [0.1, 0.15) is 33.6 Å². The van der Waals surface area contributed by atoms with Gasteiger partial charge in [-0.1, -0.05) is 13.8 Å². The van der Waals surface area contributed by atoms with Crippen molar-refractivity contribution in [2.75, 3.05) is 39.3 Å². The van der Waals surface area contributed by atoms with E-state index >= 15 is 0 Å². The number of piperidine rings is 1. The summed E-state index contributed by atoms with van der Waals surface area (Å²) in [6.07, 6.45) is -3.27. The predicted molar refractivity (Wildman–Crippen MR) is 83.3 cm³/mol. The van der Waals surface area contributed by atoms with Crippen molar-refractivity contribution in [1.29, 1.82) is 0 Å². The van der Waals surface area contributed by atoms with Gasteiger partial charge in [-0.3, -0.25) is 14.5 Å². The minimum Gasteiger partial charge on any atom is -0.466 e. The van der Waals surface area contributed by atoms with Crippen LogP contribution in [0.2, 0.25) is 0 Å².